The van der Waals surface area contributed by atoms with Gasteiger partial charge in [0.1, 0.15) is 11.5 Å². The normalized spacial score (nSPS) is 17.9. The Morgan fingerprint density at radius 1 is 1.06 bits per heavy atom. The summed E-state index contributed by atoms with van der Waals surface area (Å²) >= 11 is 0. The third-order valence-electron chi connectivity index (χ3n) is 5.95. The van der Waals surface area contributed by atoms with Crippen molar-refractivity contribution in [2.24, 2.45) is 7.05 Å². The minimum atomic E-state index is -4.16. The molecule has 10 nitrogen and oxygen atoms in total. The molecule has 0 radical (unpaired) electrons. The summed E-state index contributed by atoms with van der Waals surface area (Å²) in [4.78, 5) is 24.7. The molecule has 1 aromatic heterocycles. The first kappa shape index (κ1) is 25.3. The van der Waals surface area contributed by atoms with Crippen LogP contribution in [0.1, 0.15) is 36.2 Å². The lowest BCUT2D eigenvalue weighted by Gasteiger charge is -2.28. The van der Waals surface area contributed by atoms with Crippen LogP contribution in [0, 0.1) is 5.82 Å². The zero-order valence-corrected chi connectivity index (χ0v) is 20.3. The summed E-state index contributed by atoms with van der Waals surface area (Å²) in [5.74, 6) is -0.852. The molecule has 190 valence electrons. The number of carbonyl (C=O) groups is 2. The van der Waals surface area contributed by atoms with Crippen molar-refractivity contribution in [2.75, 3.05) is 5.32 Å². The molecule has 0 bridgehead atoms. The Kier molecular flexibility index (Phi) is 7.36. The van der Waals surface area contributed by atoms with Crippen molar-refractivity contribution in [1.29, 1.82) is 0 Å². The summed E-state index contributed by atoms with van der Waals surface area (Å²) in [6, 6.07) is 11.2. The second-order valence-corrected chi connectivity index (χ2v) is 10.2. The fourth-order valence-electron chi connectivity index (χ4n) is 4.01. The van der Waals surface area contributed by atoms with E-state index >= 15 is 0 Å². The Hall–Kier alpha value is -3.77. The van der Waals surface area contributed by atoms with Gasteiger partial charge in [-0.15, -0.1) is 0 Å². The Morgan fingerprint density at radius 2 is 1.72 bits per heavy atom. The fourth-order valence-corrected chi connectivity index (χ4v) is 4.93. The Bertz CT molecular complexity index is 1360. The number of hydrogen-bond donors (Lipinski definition) is 4. The molecule has 1 aliphatic rings. The lowest BCUT2D eigenvalue weighted by Crippen LogP contribution is -2.50. The zero-order valence-electron chi connectivity index (χ0n) is 19.4. The third-order valence-corrected chi connectivity index (χ3v) is 7.29. The molecule has 0 saturated heterocycles. The van der Waals surface area contributed by atoms with E-state index in [1.807, 2.05) is 4.72 Å². The summed E-state index contributed by atoms with van der Waals surface area (Å²) in [7, 11) is -2.56. The summed E-state index contributed by atoms with van der Waals surface area (Å²) < 4.78 is 41.6. The molecule has 1 saturated carbocycles. The van der Waals surface area contributed by atoms with Crippen LogP contribution in [0.3, 0.4) is 0 Å². The number of aliphatic hydroxyl groups is 1. The van der Waals surface area contributed by atoms with Crippen LogP contribution in [0.2, 0.25) is 0 Å². The molecule has 0 aliphatic heterocycles. The van der Waals surface area contributed by atoms with Gasteiger partial charge in [0.15, 0.2) is 0 Å². The lowest BCUT2D eigenvalue weighted by molar-refractivity contribution is 0.0948. The van der Waals surface area contributed by atoms with Crippen LogP contribution in [-0.2, 0) is 17.1 Å². The van der Waals surface area contributed by atoms with E-state index < -0.39 is 34.1 Å². The average molecular weight is 516 g/mol. The smallest absolute Gasteiger partial charge is 0.329 e. The number of aryl methyl sites for hydroxylation is 1. The van der Waals surface area contributed by atoms with Gasteiger partial charge in [-0.2, -0.15) is 5.10 Å². The third kappa shape index (κ3) is 5.89. The molecule has 0 spiro atoms. The van der Waals surface area contributed by atoms with Crippen LogP contribution in [0.15, 0.2) is 59.5 Å². The van der Waals surface area contributed by atoms with Gasteiger partial charge in [-0.25, -0.2) is 22.3 Å². The highest BCUT2D eigenvalue weighted by molar-refractivity contribution is 7.90. The number of aliphatic hydroxyl groups excluding tert-OH is 1. The number of rotatable bonds is 6. The lowest BCUT2D eigenvalue weighted by atomic mass is 9.93. The zero-order chi connectivity index (χ0) is 25.9. The van der Waals surface area contributed by atoms with Crippen LogP contribution >= 0.6 is 0 Å². The molecule has 2 unspecified atom stereocenters. The number of sulfonamides is 1. The fraction of sp³-hybridized carbons (Fsp3) is 0.292. The number of halogens is 1. The topological polar surface area (TPSA) is 142 Å². The molecule has 3 aromatic rings. The van der Waals surface area contributed by atoms with Crippen LogP contribution in [-0.4, -0.2) is 47.4 Å². The Balaban J connectivity index is 1.39. The van der Waals surface area contributed by atoms with Crippen molar-refractivity contribution in [1.82, 2.24) is 19.8 Å². The van der Waals surface area contributed by atoms with Crippen molar-refractivity contribution in [3.63, 3.8) is 0 Å². The second kappa shape index (κ2) is 10.5. The molecule has 2 atom stereocenters. The molecule has 1 heterocycles. The predicted octanol–water partition coefficient (Wildman–Crippen LogP) is 2.77. The van der Waals surface area contributed by atoms with Crippen molar-refractivity contribution in [3.05, 3.63) is 66.1 Å². The maximum absolute atomic E-state index is 13.2. The van der Waals surface area contributed by atoms with E-state index in [4.69, 9.17) is 0 Å². The molecule has 36 heavy (non-hydrogen) atoms. The number of hydrogen-bond acceptors (Lipinski definition) is 6. The van der Waals surface area contributed by atoms with Crippen LogP contribution in [0.5, 0.6) is 0 Å². The summed E-state index contributed by atoms with van der Waals surface area (Å²) in [6.45, 7) is 0. The Morgan fingerprint density at radius 3 is 2.39 bits per heavy atom. The molecule has 4 rings (SSSR count). The SMILES string of the molecule is Cn1nc(-c2ccc(F)cc2)cc1C(=O)Nc1ccc(S(=O)(=O)NC(=O)NC2CCCCC2O)cc1. The van der Waals surface area contributed by atoms with Gasteiger partial charge in [-0.1, -0.05) is 12.8 Å². The monoisotopic (exact) mass is 515 g/mol. The van der Waals surface area contributed by atoms with Gasteiger partial charge in [-0.05, 0) is 67.4 Å². The standard InChI is InChI=1S/C24H26FN5O5S/c1-30-21(14-20(28-30)15-6-8-16(25)9-7-15)23(32)26-17-10-12-18(13-11-17)36(34,35)29-24(33)27-19-4-2-3-5-22(19)31/h6-14,19,22,31H,2-5H2,1H3,(H,26,32)(H2,27,29,33). The van der Waals surface area contributed by atoms with Crippen LogP contribution in [0.25, 0.3) is 11.3 Å². The van der Waals surface area contributed by atoms with E-state index in [0.29, 0.717) is 29.8 Å². The number of anilines is 1. The van der Waals surface area contributed by atoms with Crippen LogP contribution < -0.4 is 15.4 Å². The highest BCUT2D eigenvalue weighted by atomic mass is 32.2. The first-order valence-electron chi connectivity index (χ1n) is 11.4. The number of nitrogens with zero attached hydrogens (tertiary/aromatic N) is 2. The number of nitrogens with one attached hydrogen (secondary N) is 3. The number of carbonyl (C=O) groups excluding carboxylic acids is 2. The van der Waals surface area contributed by atoms with Gasteiger partial charge < -0.3 is 15.7 Å². The number of amides is 3. The van der Waals surface area contributed by atoms with Gasteiger partial charge in [0.2, 0.25) is 0 Å². The molecular weight excluding hydrogens is 489 g/mol. The van der Waals surface area contributed by atoms with Crippen molar-refractivity contribution in [2.45, 2.75) is 42.7 Å². The average Bonchev–Trinajstić information content (AvgIpc) is 3.23. The molecule has 1 fully saturated rings. The van der Waals surface area contributed by atoms with E-state index in [1.54, 1.807) is 25.2 Å². The second-order valence-electron chi connectivity index (χ2n) is 8.56. The Labute approximate surface area is 207 Å². The highest BCUT2D eigenvalue weighted by Crippen LogP contribution is 2.21. The van der Waals surface area contributed by atoms with E-state index in [2.05, 4.69) is 15.7 Å². The molecule has 1 aliphatic carbocycles. The highest BCUT2D eigenvalue weighted by Gasteiger charge is 2.26. The minimum Gasteiger partial charge on any atom is -0.391 e. The molecule has 3 amide bonds. The predicted molar refractivity (Wildman–Crippen MR) is 130 cm³/mol. The number of benzene rings is 2. The minimum absolute atomic E-state index is 0.168. The summed E-state index contributed by atoms with van der Waals surface area (Å²) in [5.41, 5.74) is 1.72. The van der Waals surface area contributed by atoms with Gasteiger partial charge in [-0.3, -0.25) is 9.48 Å². The van der Waals surface area contributed by atoms with E-state index in [0.717, 1.165) is 12.8 Å². The van der Waals surface area contributed by atoms with Gasteiger partial charge in [0.25, 0.3) is 15.9 Å². The van der Waals surface area contributed by atoms with E-state index in [-0.39, 0.29) is 16.4 Å². The number of urea groups is 1. The summed E-state index contributed by atoms with van der Waals surface area (Å²) in [6.07, 6.45) is 2.12. The largest absolute Gasteiger partial charge is 0.391 e. The number of aromatic nitrogens is 2. The van der Waals surface area contributed by atoms with Crippen LogP contribution in [0.4, 0.5) is 14.9 Å². The first-order valence-corrected chi connectivity index (χ1v) is 12.8. The van der Waals surface area contributed by atoms with Crippen molar-refractivity contribution in [3.8, 4) is 11.3 Å². The molecular formula is C24H26FN5O5S. The van der Waals surface area contributed by atoms with E-state index in [1.165, 1.54) is 41.1 Å². The van der Waals surface area contributed by atoms with Gasteiger partial charge in [0.05, 0.1) is 22.7 Å². The maximum Gasteiger partial charge on any atom is 0.329 e. The van der Waals surface area contributed by atoms with E-state index in [9.17, 15) is 27.5 Å². The van der Waals surface area contributed by atoms with Crippen molar-refractivity contribution >= 4 is 27.6 Å². The van der Waals surface area contributed by atoms with Gasteiger partial charge in [0, 0.05) is 18.3 Å². The molecule has 4 N–H and O–H groups in total. The maximum atomic E-state index is 13.2. The molecule has 2 aromatic carbocycles. The molecule has 12 heteroatoms. The quantitative estimate of drug-likeness (QED) is 0.398. The van der Waals surface area contributed by atoms with Gasteiger partial charge >= 0.3 is 6.03 Å². The first-order chi connectivity index (χ1) is 17.1. The van der Waals surface area contributed by atoms with Crippen molar-refractivity contribution < 1.29 is 27.5 Å². The summed E-state index contributed by atoms with van der Waals surface area (Å²) in [5, 5.41) is 19.4.